The second-order valence-electron chi connectivity index (χ2n) is 3.88. The van der Waals surface area contributed by atoms with Crippen molar-refractivity contribution in [1.82, 2.24) is 4.98 Å². The molecular formula is C12H15FN2. The molecule has 1 aromatic heterocycles. The maximum absolute atomic E-state index is 13.6. The van der Waals surface area contributed by atoms with Crippen LogP contribution in [0.2, 0.25) is 0 Å². The van der Waals surface area contributed by atoms with E-state index >= 15 is 0 Å². The zero-order chi connectivity index (χ0) is 10.8. The number of halogens is 1. The molecule has 0 aliphatic heterocycles. The van der Waals surface area contributed by atoms with Crippen LogP contribution in [0, 0.1) is 12.7 Å². The molecule has 0 atom stereocenters. The molecule has 0 saturated carbocycles. The Hall–Kier alpha value is -1.35. The minimum atomic E-state index is -0.130. The van der Waals surface area contributed by atoms with Crippen molar-refractivity contribution < 1.29 is 4.39 Å². The average molecular weight is 206 g/mol. The van der Waals surface area contributed by atoms with Crippen LogP contribution >= 0.6 is 0 Å². The summed E-state index contributed by atoms with van der Waals surface area (Å²) in [5.41, 5.74) is 8.21. The minimum absolute atomic E-state index is 0.130. The molecule has 15 heavy (non-hydrogen) atoms. The zero-order valence-electron chi connectivity index (χ0n) is 8.81. The maximum atomic E-state index is 13.6. The molecule has 0 fully saturated rings. The van der Waals surface area contributed by atoms with E-state index in [1.165, 1.54) is 0 Å². The number of aromatic amines is 1. The third-order valence-corrected chi connectivity index (χ3v) is 2.57. The zero-order valence-corrected chi connectivity index (χ0v) is 8.81. The van der Waals surface area contributed by atoms with E-state index in [4.69, 9.17) is 5.73 Å². The SMILES string of the molecule is Cc1cc2cc(F)c(CCCN)cc2[nH]1. The fourth-order valence-corrected chi connectivity index (χ4v) is 1.83. The minimum Gasteiger partial charge on any atom is -0.359 e. The monoisotopic (exact) mass is 206 g/mol. The maximum Gasteiger partial charge on any atom is 0.127 e. The lowest BCUT2D eigenvalue weighted by molar-refractivity contribution is 0.607. The predicted octanol–water partition coefficient (Wildman–Crippen LogP) is 2.51. The number of aromatic nitrogens is 1. The molecule has 0 saturated heterocycles. The first-order valence-corrected chi connectivity index (χ1v) is 5.18. The molecule has 3 heteroatoms. The molecule has 0 aliphatic rings. The van der Waals surface area contributed by atoms with Gasteiger partial charge < -0.3 is 10.7 Å². The van der Waals surface area contributed by atoms with E-state index in [2.05, 4.69) is 4.98 Å². The van der Waals surface area contributed by atoms with Gasteiger partial charge in [0.15, 0.2) is 0 Å². The first kappa shape index (κ1) is 10.2. The van der Waals surface area contributed by atoms with Crippen LogP contribution in [0.25, 0.3) is 10.9 Å². The Balaban J connectivity index is 2.42. The van der Waals surface area contributed by atoms with Crippen molar-refractivity contribution in [1.29, 1.82) is 0 Å². The molecule has 0 radical (unpaired) electrons. The molecular weight excluding hydrogens is 191 g/mol. The highest BCUT2D eigenvalue weighted by Gasteiger charge is 2.05. The smallest absolute Gasteiger partial charge is 0.127 e. The Kier molecular flexibility index (Phi) is 2.73. The van der Waals surface area contributed by atoms with Crippen molar-refractivity contribution >= 4 is 10.9 Å². The summed E-state index contributed by atoms with van der Waals surface area (Å²) >= 11 is 0. The molecule has 0 spiro atoms. The summed E-state index contributed by atoms with van der Waals surface area (Å²) in [4.78, 5) is 3.20. The number of nitrogens with two attached hydrogens (primary N) is 1. The van der Waals surface area contributed by atoms with Gasteiger partial charge in [0.2, 0.25) is 0 Å². The van der Waals surface area contributed by atoms with Crippen molar-refractivity contribution in [3.63, 3.8) is 0 Å². The molecule has 0 aliphatic carbocycles. The van der Waals surface area contributed by atoms with E-state index < -0.39 is 0 Å². The highest BCUT2D eigenvalue weighted by molar-refractivity contribution is 5.81. The summed E-state index contributed by atoms with van der Waals surface area (Å²) in [6.07, 6.45) is 1.53. The normalized spacial score (nSPS) is 11.1. The summed E-state index contributed by atoms with van der Waals surface area (Å²) in [6.45, 7) is 2.57. The number of benzene rings is 1. The van der Waals surface area contributed by atoms with Crippen molar-refractivity contribution in [2.75, 3.05) is 6.54 Å². The van der Waals surface area contributed by atoms with E-state index in [-0.39, 0.29) is 5.82 Å². The molecule has 0 amide bonds. The van der Waals surface area contributed by atoms with Crippen LogP contribution < -0.4 is 5.73 Å². The van der Waals surface area contributed by atoms with E-state index in [1.54, 1.807) is 6.07 Å². The summed E-state index contributed by atoms with van der Waals surface area (Å²) in [5.74, 6) is -0.130. The van der Waals surface area contributed by atoms with E-state index in [0.717, 1.165) is 28.6 Å². The number of hydrogen-bond donors (Lipinski definition) is 2. The van der Waals surface area contributed by atoms with Crippen molar-refractivity contribution in [2.45, 2.75) is 19.8 Å². The van der Waals surface area contributed by atoms with Gasteiger partial charge >= 0.3 is 0 Å². The largest absolute Gasteiger partial charge is 0.359 e. The van der Waals surface area contributed by atoms with Gasteiger partial charge in [-0.2, -0.15) is 0 Å². The van der Waals surface area contributed by atoms with Crippen molar-refractivity contribution in [3.05, 3.63) is 35.3 Å². The summed E-state index contributed by atoms with van der Waals surface area (Å²) < 4.78 is 13.6. The first-order valence-electron chi connectivity index (χ1n) is 5.18. The highest BCUT2D eigenvalue weighted by atomic mass is 19.1. The number of fused-ring (bicyclic) bond motifs is 1. The summed E-state index contributed by atoms with van der Waals surface area (Å²) in [5, 5.41) is 0.932. The van der Waals surface area contributed by atoms with Crippen LogP contribution in [0.1, 0.15) is 17.7 Å². The van der Waals surface area contributed by atoms with Gasteiger partial charge in [-0.15, -0.1) is 0 Å². The molecule has 1 aromatic carbocycles. The van der Waals surface area contributed by atoms with Gasteiger partial charge in [0.25, 0.3) is 0 Å². The fraction of sp³-hybridized carbons (Fsp3) is 0.333. The number of nitrogens with one attached hydrogen (secondary N) is 1. The molecule has 0 unspecified atom stereocenters. The molecule has 2 rings (SSSR count). The Bertz CT molecular complexity index is 474. The Morgan fingerprint density at radius 1 is 1.33 bits per heavy atom. The van der Waals surface area contributed by atoms with Gasteiger partial charge in [0, 0.05) is 16.6 Å². The van der Waals surface area contributed by atoms with Crippen LogP contribution in [0.3, 0.4) is 0 Å². The van der Waals surface area contributed by atoms with Crippen LogP contribution in [0.15, 0.2) is 18.2 Å². The van der Waals surface area contributed by atoms with Crippen molar-refractivity contribution in [2.24, 2.45) is 5.73 Å². The van der Waals surface area contributed by atoms with Crippen LogP contribution in [-0.2, 0) is 6.42 Å². The van der Waals surface area contributed by atoms with Gasteiger partial charge in [-0.25, -0.2) is 4.39 Å². The lowest BCUT2D eigenvalue weighted by atomic mass is 10.1. The van der Waals surface area contributed by atoms with Gasteiger partial charge in [-0.3, -0.25) is 0 Å². The summed E-state index contributed by atoms with van der Waals surface area (Å²) in [7, 11) is 0. The fourth-order valence-electron chi connectivity index (χ4n) is 1.83. The standard InChI is InChI=1S/C12H15FN2/c1-8-5-10-6-11(13)9(3-2-4-14)7-12(10)15-8/h5-7,15H,2-4,14H2,1H3. The van der Waals surface area contributed by atoms with Gasteiger partial charge in [0.1, 0.15) is 5.82 Å². The van der Waals surface area contributed by atoms with Crippen LogP contribution in [-0.4, -0.2) is 11.5 Å². The van der Waals surface area contributed by atoms with Crippen LogP contribution in [0.5, 0.6) is 0 Å². The lowest BCUT2D eigenvalue weighted by Crippen LogP contribution is -2.01. The highest BCUT2D eigenvalue weighted by Crippen LogP contribution is 2.20. The lowest BCUT2D eigenvalue weighted by Gasteiger charge is -2.02. The van der Waals surface area contributed by atoms with Crippen LogP contribution in [0.4, 0.5) is 4.39 Å². The number of H-pyrrole nitrogens is 1. The van der Waals surface area contributed by atoms with E-state index in [9.17, 15) is 4.39 Å². The van der Waals surface area contributed by atoms with E-state index in [0.29, 0.717) is 13.0 Å². The third-order valence-electron chi connectivity index (χ3n) is 2.57. The molecule has 0 bridgehead atoms. The molecule has 2 aromatic rings. The Labute approximate surface area is 88.3 Å². The number of hydrogen-bond acceptors (Lipinski definition) is 1. The van der Waals surface area contributed by atoms with Crippen molar-refractivity contribution in [3.8, 4) is 0 Å². The van der Waals surface area contributed by atoms with Gasteiger partial charge in [-0.05, 0) is 50.1 Å². The average Bonchev–Trinajstić information content (AvgIpc) is 2.53. The molecule has 3 N–H and O–H groups in total. The Morgan fingerprint density at radius 3 is 2.87 bits per heavy atom. The number of rotatable bonds is 3. The first-order chi connectivity index (χ1) is 7.20. The molecule has 80 valence electrons. The molecule has 2 nitrogen and oxygen atoms in total. The quantitative estimate of drug-likeness (QED) is 0.796. The topological polar surface area (TPSA) is 41.8 Å². The number of aryl methyl sites for hydroxylation is 2. The Morgan fingerprint density at radius 2 is 2.13 bits per heavy atom. The van der Waals surface area contributed by atoms with Gasteiger partial charge in [-0.1, -0.05) is 0 Å². The predicted molar refractivity (Wildman–Crippen MR) is 60.4 cm³/mol. The van der Waals surface area contributed by atoms with Gasteiger partial charge in [0.05, 0.1) is 0 Å². The molecule has 1 heterocycles. The second kappa shape index (κ2) is 4.03. The second-order valence-corrected chi connectivity index (χ2v) is 3.88. The third kappa shape index (κ3) is 2.02. The van der Waals surface area contributed by atoms with E-state index in [1.807, 2.05) is 19.1 Å². The summed E-state index contributed by atoms with van der Waals surface area (Å²) in [6, 6.07) is 5.42.